The van der Waals surface area contributed by atoms with Crippen molar-refractivity contribution in [2.75, 3.05) is 19.6 Å². The fraction of sp³-hybridized carbons (Fsp3) is 0.850. The van der Waals surface area contributed by atoms with Gasteiger partial charge < -0.3 is 5.11 Å². The highest BCUT2D eigenvalue weighted by Gasteiger charge is 2.11. The fourth-order valence-corrected chi connectivity index (χ4v) is 2.84. The number of hydrogen-bond acceptors (Lipinski definition) is 2. The minimum atomic E-state index is -0.860. The molecule has 0 aromatic carbocycles. The number of aliphatic carboxylic acids is 1. The summed E-state index contributed by atoms with van der Waals surface area (Å²) in [4.78, 5) is 13.3. The van der Waals surface area contributed by atoms with Gasteiger partial charge in [-0.25, -0.2) is 4.79 Å². The van der Waals surface area contributed by atoms with E-state index in [2.05, 4.69) is 25.3 Å². The van der Waals surface area contributed by atoms with Crippen molar-refractivity contribution < 1.29 is 9.90 Å². The molecular weight excluding hydrogens is 286 g/mol. The molecule has 0 aromatic heterocycles. The van der Waals surface area contributed by atoms with Crippen molar-refractivity contribution in [3.8, 4) is 0 Å². The molecule has 0 rings (SSSR count). The molecule has 0 unspecified atom stereocenters. The zero-order valence-corrected chi connectivity index (χ0v) is 15.6. The topological polar surface area (TPSA) is 40.5 Å². The third-order valence-corrected chi connectivity index (χ3v) is 4.37. The number of carboxylic acids is 1. The van der Waals surface area contributed by atoms with Crippen molar-refractivity contribution in [3.63, 3.8) is 0 Å². The number of hydrogen-bond donors (Lipinski definition) is 1. The van der Waals surface area contributed by atoms with E-state index in [1.807, 2.05) is 0 Å². The average Bonchev–Trinajstić information content (AvgIpc) is 2.53. The van der Waals surface area contributed by atoms with E-state index in [9.17, 15) is 4.79 Å². The Labute approximate surface area is 144 Å². The number of carbonyl (C=O) groups is 1. The van der Waals surface area contributed by atoms with Crippen LogP contribution in [0, 0.1) is 0 Å². The predicted molar refractivity (Wildman–Crippen MR) is 100.0 cm³/mol. The molecule has 0 aliphatic rings. The molecule has 0 aliphatic heterocycles. The predicted octanol–water partition coefficient (Wildman–Crippen LogP) is 5.65. The second-order valence-electron chi connectivity index (χ2n) is 6.72. The van der Waals surface area contributed by atoms with Crippen molar-refractivity contribution in [1.82, 2.24) is 4.90 Å². The van der Waals surface area contributed by atoms with E-state index in [1.54, 1.807) is 0 Å². The summed E-state index contributed by atoms with van der Waals surface area (Å²) >= 11 is 0. The van der Waals surface area contributed by atoms with Gasteiger partial charge in [-0.15, -0.1) is 0 Å². The van der Waals surface area contributed by atoms with Crippen molar-refractivity contribution in [3.05, 3.63) is 12.2 Å². The molecule has 3 nitrogen and oxygen atoms in total. The largest absolute Gasteiger partial charge is 0.478 e. The monoisotopic (exact) mass is 325 g/mol. The molecule has 0 heterocycles. The number of carboxylic acid groups (broad SMARTS) is 1. The van der Waals surface area contributed by atoms with Gasteiger partial charge in [-0.2, -0.15) is 0 Å². The van der Waals surface area contributed by atoms with Crippen molar-refractivity contribution in [2.24, 2.45) is 0 Å². The van der Waals surface area contributed by atoms with Crippen LogP contribution in [0.1, 0.15) is 90.9 Å². The Balaban J connectivity index is 3.94. The molecular formula is C20H39NO2. The van der Waals surface area contributed by atoms with Crippen LogP contribution in [0.3, 0.4) is 0 Å². The summed E-state index contributed by atoms with van der Waals surface area (Å²) in [6.07, 6.45) is 15.3. The first-order valence-corrected chi connectivity index (χ1v) is 9.75. The molecule has 1 N–H and O–H groups in total. The van der Waals surface area contributed by atoms with Crippen LogP contribution in [0.5, 0.6) is 0 Å². The third kappa shape index (κ3) is 14.5. The van der Waals surface area contributed by atoms with Crippen LogP contribution in [0.2, 0.25) is 0 Å². The molecule has 0 bridgehead atoms. The smallest absolute Gasteiger partial charge is 0.332 e. The van der Waals surface area contributed by atoms with Crippen LogP contribution in [0.25, 0.3) is 0 Å². The molecule has 0 atom stereocenters. The minimum absolute atomic E-state index is 0.321. The third-order valence-electron chi connectivity index (χ3n) is 4.37. The lowest BCUT2D eigenvalue weighted by Gasteiger charge is -2.22. The van der Waals surface area contributed by atoms with Gasteiger partial charge in [0.05, 0.1) is 0 Å². The summed E-state index contributed by atoms with van der Waals surface area (Å²) in [5.74, 6) is -0.860. The highest BCUT2D eigenvalue weighted by atomic mass is 16.4. The Hall–Kier alpha value is -0.830. The second kappa shape index (κ2) is 16.0. The summed E-state index contributed by atoms with van der Waals surface area (Å²) in [7, 11) is 0. The van der Waals surface area contributed by atoms with Gasteiger partial charge >= 0.3 is 5.97 Å². The Morgan fingerprint density at radius 3 is 1.57 bits per heavy atom. The summed E-state index contributed by atoms with van der Waals surface area (Å²) in [6, 6.07) is 0. The fourth-order valence-electron chi connectivity index (χ4n) is 2.84. The van der Waals surface area contributed by atoms with Gasteiger partial charge in [0.15, 0.2) is 0 Å². The van der Waals surface area contributed by atoms with Gasteiger partial charge in [-0.05, 0) is 25.9 Å². The Morgan fingerprint density at radius 1 is 0.783 bits per heavy atom. The Kier molecular flexibility index (Phi) is 15.5. The minimum Gasteiger partial charge on any atom is -0.478 e. The van der Waals surface area contributed by atoms with Crippen LogP contribution >= 0.6 is 0 Å². The van der Waals surface area contributed by atoms with Crippen LogP contribution in [0.4, 0.5) is 0 Å². The first kappa shape index (κ1) is 22.2. The van der Waals surface area contributed by atoms with Gasteiger partial charge in [0.25, 0.3) is 0 Å². The molecule has 136 valence electrons. The lowest BCUT2D eigenvalue weighted by Crippen LogP contribution is -2.30. The van der Waals surface area contributed by atoms with E-state index in [1.165, 1.54) is 77.0 Å². The van der Waals surface area contributed by atoms with Crippen LogP contribution in [0.15, 0.2) is 12.2 Å². The number of rotatable bonds is 17. The van der Waals surface area contributed by atoms with E-state index in [0.717, 1.165) is 13.1 Å². The van der Waals surface area contributed by atoms with Crippen LogP contribution in [-0.2, 0) is 4.79 Å². The maximum absolute atomic E-state index is 11.0. The van der Waals surface area contributed by atoms with Crippen molar-refractivity contribution >= 4 is 5.97 Å². The van der Waals surface area contributed by atoms with Crippen molar-refractivity contribution in [1.29, 1.82) is 0 Å². The number of nitrogens with zero attached hydrogens (tertiary/aromatic N) is 1. The zero-order valence-electron chi connectivity index (χ0n) is 15.6. The molecule has 0 aromatic rings. The molecule has 0 radical (unpaired) electrons. The summed E-state index contributed by atoms with van der Waals surface area (Å²) < 4.78 is 0. The highest BCUT2D eigenvalue weighted by molar-refractivity contribution is 5.86. The van der Waals surface area contributed by atoms with Gasteiger partial charge in [-0.1, -0.05) is 84.6 Å². The molecule has 0 amide bonds. The van der Waals surface area contributed by atoms with Gasteiger partial charge in [0.2, 0.25) is 0 Å². The van der Waals surface area contributed by atoms with Gasteiger partial charge in [-0.3, -0.25) is 4.90 Å². The first-order valence-electron chi connectivity index (χ1n) is 9.75. The molecule has 0 spiro atoms. The highest BCUT2D eigenvalue weighted by Crippen LogP contribution is 2.10. The normalized spacial score (nSPS) is 11.1. The molecule has 0 fully saturated rings. The quantitative estimate of drug-likeness (QED) is 0.277. The first-order chi connectivity index (χ1) is 11.1. The standard InChI is InChI=1S/C20H39NO2/c1-4-6-8-10-12-14-16-21(18-19(3)20(22)23)17-15-13-11-9-7-5-2/h3-18H2,1-2H3,(H,22,23). The van der Waals surface area contributed by atoms with Gasteiger partial charge in [0, 0.05) is 12.1 Å². The maximum atomic E-state index is 11.0. The lowest BCUT2D eigenvalue weighted by molar-refractivity contribution is -0.132. The summed E-state index contributed by atoms with van der Waals surface area (Å²) in [5.41, 5.74) is 0.321. The number of unbranched alkanes of at least 4 members (excludes halogenated alkanes) is 10. The molecule has 0 saturated carbocycles. The average molecular weight is 326 g/mol. The van der Waals surface area contributed by atoms with Crippen molar-refractivity contribution in [2.45, 2.75) is 90.9 Å². The Morgan fingerprint density at radius 2 is 1.17 bits per heavy atom. The van der Waals surface area contributed by atoms with E-state index in [4.69, 9.17) is 5.11 Å². The maximum Gasteiger partial charge on any atom is 0.332 e. The van der Waals surface area contributed by atoms with E-state index in [0.29, 0.717) is 12.1 Å². The molecule has 0 aliphatic carbocycles. The lowest BCUT2D eigenvalue weighted by atomic mass is 10.1. The Bertz CT molecular complexity index is 286. The molecule has 3 heteroatoms. The molecule has 0 saturated heterocycles. The van der Waals surface area contributed by atoms with Crippen LogP contribution in [-0.4, -0.2) is 35.6 Å². The SMILES string of the molecule is C=C(CN(CCCCCCCC)CCCCCCCC)C(=O)O. The van der Waals surface area contributed by atoms with Gasteiger partial charge in [0.1, 0.15) is 0 Å². The molecule has 23 heavy (non-hydrogen) atoms. The summed E-state index contributed by atoms with van der Waals surface area (Å²) in [5, 5.41) is 9.04. The van der Waals surface area contributed by atoms with E-state index >= 15 is 0 Å². The summed E-state index contributed by atoms with van der Waals surface area (Å²) in [6.45, 7) is 10.7. The zero-order chi connectivity index (χ0) is 17.3. The second-order valence-corrected chi connectivity index (χ2v) is 6.72. The van der Waals surface area contributed by atoms with Crippen LogP contribution < -0.4 is 0 Å². The van der Waals surface area contributed by atoms with E-state index in [-0.39, 0.29) is 0 Å². The van der Waals surface area contributed by atoms with E-state index < -0.39 is 5.97 Å².